The predicted octanol–water partition coefficient (Wildman–Crippen LogP) is 1.23. The summed E-state index contributed by atoms with van der Waals surface area (Å²) in [5.41, 5.74) is 0.659. The molecule has 0 aliphatic carbocycles. The Bertz CT molecular complexity index is 740. The van der Waals surface area contributed by atoms with E-state index in [1.54, 1.807) is 16.6 Å². The molecular weight excluding hydrogens is 293 g/mol. The minimum atomic E-state index is -0.333. The molecule has 1 N–H and O–H groups in total. The second-order valence-corrected chi connectivity index (χ2v) is 5.50. The number of aromatic nitrogens is 4. The monoisotopic (exact) mass is 305 g/mol. The Morgan fingerprint density at radius 2 is 2.33 bits per heavy atom. The van der Waals surface area contributed by atoms with Crippen LogP contribution in [0.15, 0.2) is 30.6 Å². The van der Waals surface area contributed by atoms with Crippen molar-refractivity contribution in [1.29, 1.82) is 0 Å². The molecule has 0 spiro atoms. The number of rotatable bonds is 5. The summed E-state index contributed by atoms with van der Waals surface area (Å²) in [5.74, 6) is -0.469. The smallest absolute Gasteiger partial charge is 0.234 e. The summed E-state index contributed by atoms with van der Waals surface area (Å²) < 4.78 is 14.6. The molecule has 1 aromatic carbocycles. The average Bonchev–Trinajstić information content (AvgIpc) is 2.99. The lowest BCUT2D eigenvalue weighted by Crippen LogP contribution is -2.27. The van der Waals surface area contributed by atoms with E-state index in [9.17, 15) is 9.18 Å². The number of amides is 1. The van der Waals surface area contributed by atoms with E-state index in [4.69, 9.17) is 0 Å². The molecule has 6 nitrogen and oxygen atoms in total. The van der Waals surface area contributed by atoms with Gasteiger partial charge < -0.3 is 5.32 Å². The molecule has 3 rings (SSSR count). The molecule has 0 radical (unpaired) electrons. The number of carbonyl (C=O) groups excluding carboxylic acids is 1. The van der Waals surface area contributed by atoms with Gasteiger partial charge in [0.2, 0.25) is 10.9 Å². The van der Waals surface area contributed by atoms with Crippen LogP contribution in [0.25, 0.3) is 4.96 Å². The molecule has 0 fully saturated rings. The molecule has 2 heterocycles. The number of hydrogen-bond acceptors (Lipinski definition) is 5. The molecule has 0 aliphatic heterocycles. The van der Waals surface area contributed by atoms with Gasteiger partial charge in [0.15, 0.2) is 0 Å². The zero-order valence-corrected chi connectivity index (χ0v) is 11.8. The number of nitrogens with one attached hydrogen (secondary N) is 1. The molecule has 3 aromatic rings. The number of halogens is 1. The Morgan fingerprint density at radius 1 is 1.43 bits per heavy atom. The van der Waals surface area contributed by atoms with E-state index in [0.29, 0.717) is 18.5 Å². The highest BCUT2D eigenvalue weighted by Gasteiger charge is 2.07. The molecule has 0 atom stereocenters. The largest absolute Gasteiger partial charge is 0.355 e. The van der Waals surface area contributed by atoms with Crippen molar-refractivity contribution in [2.24, 2.45) is 0 Å². The molecule has 8 heteroatoms. The highest BCUT2D eigenvalue weighted by atomic mass is 32.1. The maximum Gasteiger partial charge on any atom is 0.234 e. The fourth-order valence-electron chi connectivity index (χ4n) is 1.91. The number of benzene rings is 1. The van der Waals surface area contributed by atoms with Crippen LogP contribution < -0.4 is 5.32 Å². The van der Waals surface area contributed by atoms with Crippen LogP contribution in [-0.4, -0.2) is 32.3 Å². The van der Waals surface area contributed by atoms with Gasteiger partial charge in [-0.15, -0.1) is 10.2 Å². The van der Waals surface area contributed by atoms with E-state index in [-0.39, 0.29) is 18.1 Å². The third-order valence-corrected chi connectivity index (χ3v) is 3.82. The first-order valence-corrected chi connectivity index (χ1v) is 7.19. The van der Waals surface area contributed by atoms with E-state index < -0.39 is 0 Å². The minimum Gasteiger partial charge on any atom is -0.355 e. The second kappa shape index (κ2) is 5.96. The van der Waals surface area contributed by atoms with Gasteiger partial charge >= 0.3 is 0 Å². The Morgan fingerprint density at radius 3 is 3.14 bits per heavy atom. The fourth-order valence-corrected chi connectivity index (χ4v) is 2.72. The van der Waals surface area contributed by atoms with Crippen molar-refractivity contribution < 1.29 is 9.18 Å². The van der Waals surface area contributed by atoms with Crippen molar-refractivity contribution in [3.05, 3.63) is 47.0 Å². The maximum atomic E-state index is 13.0. The number of carbonyl (C=O) groups is 1. The summed E-state index contributed by atoms with van der Waals surface area (Å²) in [6.07, 6.45) is 2.34. The summed E-state index contributed by atoms with van der Waals surface area (Å²) in [6.45, 7) is 0.484. The van der Waals surface area contributed by atoms with Crippen molar-refractivity contribution in [2.45, 2.75) is 12.8 Å². The van der Waals surface area contributed by atoms with Gasteiger partial charge in [0.1, 0.15) is 17.2 Å². The quantitative estimate of drug-likeness (QED) is 0.769. The van der Waals surface area contributed by atoms with Gasteiger partial charge in [-0.1, -0.05) is 23.5 Å². The van der Waals surface area contributed by atoms with Crippen LogP contribution in [-0.2, 0) is 17.6 Å². The SMILES string of the molecule is O=C(Cc1cccc(F)c1)NCCc1nn2cnnc2s1. The van der Waals surface area contributed by atoms with Crippen LogP contribution in [0.2, 0.25) is 0 Å². The van der Waals surface area contributed by atoms with Crippen LogP contribution in [0, 0.1) is 5.82 Å². The summed E-state index contributed by atoms with van der Waals surface area (Å²) in [4.78, 5) is 12.5. The summed E-state index contributed by atoms with van der Waals surface area (Å²) in [7, 11) is 0. The number of hydrogen-bond donors (Lipinski definition) is 1. The molecule has 0 aliphatic rings. The van der Waals surface area contributed by atoms with Crippen molar-refractivity contribution in [3.8, 4) is 0 Å². The zero-order chi connectivity index (χ0) is 14.7. The average molecular weight is 305 g/mol. The van der Waals surface area contributed by atoms with E-state index in [1.165, 1.54) is 29.8 Å². The number of nitrogens with zero attached hydrogens (tertiary/aromatic N) is 4. The lowest BCUT2D eigenvalue weighted by molar-refractivity contribution is -0.120. The highest BCUT2D eigenvalue weighted by molar-refractivity contribution is 7.16. The summed E-state index contributed by atoms with van der Waals surface area (Å²) in [5, 5.41) is 15.6. The third kappa shape index (κ3) is 3.40. The molecule has 21 heavy (non-hydrogen) atoms. The molecule has 1 amide bonds. The van der Waals surface area contributed by atoms with Crippen LogP contribution in [0.5, 0.6) is 0 Å². The summed E-state index contributed by atoms with van der Waals surface area (Å²) in [6, 6.07) is 6.04. The van der Waals surface area contributed by atoms with Crippen LogP contribution in [0.3, 0.4) is 0 Å². The van der Waals surface area contributed by atoms with Crippen LogP contribution in [0.1, 0.15) is 10.6 Å². The Kier molecular flexibility index (Phi) is 3.87. The second-order valence-electron chi connectivity index (χ2n) is 4.46. The first-order chi connectivity index (χ1) is 10.2. The van der Waals surface area contributed by atoms with E-state index in [1.807, 2.05) is 0 Å². The lowest BCUT2D eigenvalue weighted by atomic mass is 10.1. The minimum absolute atomic E-state index is 0.136. The van der Waals surface area contributed by atoms with Crippen LogP contribution >= 0.6 is 11.3 Å². The number of fused-ring (bicyclic) bond motifs is 1. The van der Waals surface area contributed by atoms with E-state index in [2.05, 4.69) is 20.6 Å². The summed E-state index contributed by atoms with van der Waals surface area (Å²) >= 11 is 1.44. The molecule has 0 saturated heterocycles. The molecule has 0 saturated carbocycles. The van der Waals surface area contributed by atoms with Crippen molar-refractivity contribution in [2.75, 3.05) is 6.54 Å². The standard InChI is InChI=1S/C13H12FN5OS/c14-10-3-1-2-9(6-10)7-11(20)15-5-4-12-18-19-8-16-17-13(19)21-12/h1-3,6,8H,4-5,7H2,(H,15,20). The van der Waals surface area contributed by atoms with Gasteiger partial charge in [-0.2, -0.15) is 9.61 Å². The lowest BCUT2D eigenvalue weighted by Gasteiger charge is -2.04. The van der Waals surface area contributed by atoms with Gasteiger partial charge in [0, 0.05) is 13.0 Å². The van der Waals surface area contributed by atoms with E-state index in [0.717, 1.165) is 9.97 Å². The van der Waals surface area contributed by atoms with Gasteiger partial charge in [-0.25, -0.2) is 4.39 Å². The van der Waals surface area contributed by atoms with Crippen LogP contribution in [0.4, 0.5) is 4.39 Å². The Labute approximate surface area is 123 Å². The van der Waals surface area contributed by atoms with Gasteiger partial charge in [-0.05, 0) is 17.7 Å². The van der Waals surface area contributed by atoms with Crippen molar-refractivity contribution in [3.63, 3.8) is 0 Å². The fraction of sp³-hybridized carbons (Fsp3) is 0.231. The molecule has 2 aromatic heterocycles. The maximum absolute atomic E-state index is 13.0. The molecular formula is C13H12FN5OS. The van der Waals surface area contributed by atoms with Crippen molar-refractivity contribution in [1.82, 2.24) is 25.1 Å². The first kappa shape index (κ1) is 13.6. The Balaban J connectivity index is 1.48. The van der Waals surface area contributed by atoms with Gasteiger partial charge in [0.05, 0.1) is 6.42 Å². The van der Waals surface area contributed by atoms with Crippen molar-refractivity contribution >= 4 is 22.2 Å². The normalized spacial score (nSPS) is 10.9. The zero-order valence-electron chi connectivity index (χ0n) is 11.0. The third-order valence-electron chi connectivity index (χ3n) is 2.84. The molecule has 0 unspecified atom stereocenters. The Hall–Kier alpha value is -2.35. The topological polar surface area (TPSA) is 72.2 Å². The molecule has 0 bridgehead atoms. The molecule has 108 valence electrons. The van der Waals surface area contributed by atoms with E-state index >= 15 is 0 Å². The highest BCUT2D eigenvalue weighted by Crippen LogP contribution is 2.11. The van der Waals surface area contributed by atoms with Gasteiger partial charge in [-0.3, -0.25) is 4.79 Å². The first-order valence-electron chi connectivity index (χ1n) is 6.37. The van der Waals surface area contributed by atoms with Gasteiger partial charge in [0.25, 0.3) is 0 Å². The predicted molar refractivity (Wildman–Crippen MR) is 75.5 cm³/mol.